The summed E-state index contributed by atoms with van der Waals surface area (Å²) in [4.78, 5) is 15.6. The zero-order valence-corrected chi connectivity index (χ0v) is 15.2. The van der Waals surface area contributed by atoms with E-state index in [-0.39, 0.29) is 17.5 Å². The lowest BCUT2D eigenvalue weighted by Crippen LogP contribution is -2.44. The monoisotopic (exact) mass is 368 g/mol. The summed E-state index contributed by atoms with van der Waals surface area (Å²) in [7, 11) is -1.62. The molecule has 1 atom stereocenters. The standard InChI is InChI=1S/C16H24N4O4S/c1-3-17-15(19-14-8-9-25(22,23)11-14)18-10-12-4-6-13(7-5-12)20-16(21)24-2/h4-7,14H,3,8-11H2,1-2H3,(H,20,21)(H2,17,18,19). The molecule has 0 aromatic heterocycles. The largest absolute Gasteiger partial charge is 0.453 e. The normalized spacial score (nSPS) is 19.3. The number of carbonyl (C=O) groups is 1. The van der Waals surface area contributed by atoms with E-state index >= 15 is 0 Å². The zero-order valence-electron chi connectivity index (χ0n) is 14.4. The fourth-order valence-corrected chi connectivity index (χ4v) is 4.13. The predicted octanol–water partition coefficient (Wildman–Crippen LogP) is 1.11. The van der Waals surface area contributed by atoms with Crippen molar-refractivity contribution < 1.29 is 17.9 Å². The molecule has 2 rings (SSSR count). The second-order valence-electron chi connectivity index (χ2n) is 5.75. The average Bonchev–Trinajstić information content (AvgIpc) is 2.92. The summed E-state index contributed by atoms with van der Waals surface area (Å²) < 4.78 is 27.6. The van der Waals surface area contributed by atoms with Gasteiger partial charge in [-0.1, -0.05) is 12.1 Å². The number of methoxy groups -OCH3 is 1. The van der Waals surface area contributed by atoms with E-state index in [1.807, 2.05) is 19.1 Å². The van der Waals surface area contributed by atoms with Gasteiger partial charge in [0, 0.05) is 18.3 Å². The lowest BCUT2D eigenvalue weighted by molar-refractivity contribution is 0.187. The van der Waals surface area contributed by atoms with Crippen LogP contribution in [0.1, 0.15) is 18.9 Å². The second-order valence-corrected chi connectivity index (χ2v) is 7.98. The van der Waals surface area contributed by atoms with Crippen LogP contribution >= 0.6 is 0 Å². The quantitative estimate of drug-likeness (QED) is 0.531. The Labute approximate surface area is 148 Å². The molecule has 0 aliphatic carbocycles. The highest BCUT2D eigenvalue weighted by molar-refractivity contribution is 7.91. The van der Waals surface area contributed by atoms with Crippen molar-refractivity contribution in [3.63, 3.8) is 0 Å². The Balaban J connectivity index is 1.95. The number of anilines is 1. The third-order valence-corrected chi connectivity index (χ3v) is 5.49. The molecule has 1 aliphatic heterocycles. The molecule has 1 aromatic carbocycles. The Hall–Kier alpha value is -2.29. The number of benzene rings is 1. The molecule has 1 aliphatic rings. The van der Waals surface area contributed by atoms with Crippen LogP contribution in [-0.2, 0) is 21.1 Å². The maximum Gasteiger partial charge on any atom is 0.411 e. The van der Waals surface area contributed by atoms with E-state index in [1.54, 1.807) is 12.1 Å². The van der Waals surface area contributed by atoms with Crippen LogP contribution in [0.4, 0.5) is 10.5 Å². The molecule has 9 heteroatoms. The predicted molar refractivity (Wildman–Crippen MR) is 97.5 cm³/mol. The van der Waals surface area contributed by atoms with E-state index in [1.165, 1.54) is 7.11 Å². The summed E-state index contributed by atoms with van der Waals surface area (Å²) in [5, 5.41) is 8.88. The van der Waals surface area contributed by atoms with Gasteiger partial charge in [-0.25, -0.2) is 18.2 Å². The summed E-state index contributed by atoms with van der Waals surface area (Å²) in [5.74, 6) is 0.964. The van der Waals surface area contributed by atoms with E-state index in [2.05, 4.69) is 25.7 Å². The minimum Gasteiger partial charge on any atom is -0.453 e. The van der Waals surface area contributed by atoms with Crippen LogP contribution in [0.5, 0.6) is 0 Å². The van der Waals surface area contributed by atoms with Crippen molar-refractivity contribution in [3.05, 3.63) is 29.8 Å². The summed E-state index contributed by atoms with van der Waals surface area (Å²) in [6, 6.07) is 7.16. The van der Waals surface area contributed by atoms with Crippen LogP contribution in [-0.4, -0.2) is 51.7 Å². The van der Waals surface area contributed by atoms with Gasteiger partial charge in [0.2, 0.25) is 0 Å². The average molecular weight is 368 g/mol. The van der Waals surface area contributed by atoms with E-state index in [0.717, 1.165) is 5.56 Å². The summed E-state index contributed by atoms with van der Waals surface area (Å²) in [6.45, 7) is 3.08. The van der Waals surface area contributed by atoms with Crippen molar-refractivity contribution in [2.45, 2.75) is 25.9 Å². The number of sulfone groups is 1. The Morgan fingerprint density at radius 3 is 2.60 bits per heavy atom. The van der Waals surface area contributed by atoms with Crippen LogP contribution in [0.2, 0.25) is 0 Å². The van der Waals surface area contributed by atoms with Crippen LogP contribution in [0, 0.1) is 0 Å². The molecular weight excluding hydrogens is 344 g/mol. The number of amides is 1. The highest BCUT2D eigenvalue weighted by Gasteiger charge is 2.28. The van der Waals surface area contributed by atoms with E-state index in [9.17, 15) is 13.2 Å². The van der Waals surface area contributed by atoms with Crippen molar-refractivity contribution in [2.75, 3.05) is 30.5 Å². The molecule has 0 radical (unpaired) electrons. The third-order valence-electron chi connectivity index (χ3n) is 3.72. The number of carbonyl (C=O) groups excluding carboxylic acids is 1. The Bertz CT molecular complexity index is 716. The molecule has 1 unspecified atom stereocenters. The number of nitrogens with one attached hydrogen (secondary N) is 3. The maximum atomic E-state index is 11.6. The molecule has 138 valence electrons. The van der Waals surface area contributed by atoms with Crippen molar-refractivity contribution >= 4 is 27.6 Å². The van der Waals surface area contributed by atoms with E-state index in [4.69, 9.17) is 0 Å². The molecule has 1 saturated heterocycles. The second kappa shape index (κ2) is 8.70. The van der Waals surface area contributed by atoms with Crippen LogP contribution in [0.15, 0.2) is 29.3 Å². The van der Waals surface area contributed by atoms with Gasteiger partial charge in [0.05, 0.1) is 25.2 Å². The fraction of sp³-hybridized carbons (Fsp3) is 0.500. The molecule has 8 nitrogen and oxygen atoms in total. The van der Waals surface area contributed by atoms with Crippen molar-refractivity contribution in [2.24, 2.45) is 4.99 Å². The van der Waals surface area contributed by atoms with Gasteiger partial charge in [0.25, 0.3) is 0 Å². The van der Waals surface area contributed by atoms with Gasteiger partial charge in [0.15, 0.2) is 15.8 Å². The van der Waals surface area contributed by atoms with Crippen LogP contribution in [0.25, 0.3) is 0 Å². The van der Waals surface area contributed by atoms with Crippen LogP contribution < -0.4 is 16.0 Å². The lowest BCUT2D eigenvalue weighted by atomic mass is 10.2. The Morgan fingerprint density at radius 1 is 1.32 bits per heavy atom. The summed E-state index contributed by atoms with van der Waals surface area (Å²) in [6.07, 6.45) is 0.0802. The first-order chi connectivity index (χ1) is 11.9. The van der Waals surface area contributed by atoms with Gasteiger partial charge in [-0.3, -0.25) is 5.32 Å². The molecule has 1 heterocycles. The Morgan fingerprint density at radius 2 is 2.04 bits per heavy atom. The minimum absolute atomic E-state index is 0.102. The molecular formula is C16H24N4O4S. The number of nitrogens with zero attached hydrogens (tertiary/aromatic N) is 1. The smallest absolute Gasteiger partial charge is 0.411 e. The molecule has 25 heavy (non-hydrogen) atoms. The first kappa shape index (κ1) is 19.0. The highest BCUT2D eigenvalue weighted by Crippen LogP contribution is 2.12. The number of aliphatic imine (C=N–C) groups is 1. The summed E-state index contributed by atoms with van der Waals surface area (Å²) in [5.41, 5.74) is 1.60. The molecule has 3 N–H and O–H groups in total. The maximum absolute atomic E-state index is 11.6. The lowest BCUT2D eigenvalue weighted by Gasteiger charge is -2.15. The zero-order chi connectivity index (χ0) is 18.3. The number of hydrogen-bond donors (Lipinski definition) is 3. The topological polar surface area (TPSA) is 109 Å². The van der Waals surface area contributed by atoms with Gasteiger partial charge < -0.3 is 15.4 Å². The molecule has 1 fully saturated rings. The first-order valence-corrected chi connectivity index (χ1v) is 9.93. The molecule has 0 saturated carbocycles. The van der Waals surface area contributed by atoms with Gasteiger partial charge in [0.1, 0.15) is 0 Å². The summed E-state index contributed by atoms with van der Waals surface area (Å²) >= 11 is 0. The number of hydrogen-bond acceptors (Lipinski definition) is 5. The Kier molecular flexibility index (Phi) is 6.63. The fourth-order valence-electron chi connectivity index (χ4n) is 2.45. The van der Waals surface area contributed by atoms with Gasteiger partial charge in [-0.05, 0) is 31.0 Å². The minimum atomic E-state index is -2.93. The molecule has 1 amide bonds. The third kappa shape index (κ3) is 6.26. The van der Waals surface area contributed by atoms with E-state index < -0.39 is 15.9 Å². The SMILES string of the molecule is CCNC(=NCc1ccc(NC(=O)OC)cc1)NC1CCS(=O)(=O)C1. The van der Waals surface area contributed by atoms with Gasteiger partial charge in [-0.2, -0.15) is 0 Å². The van der Waals surface area contributed by atoms with Gasteiger partial charge >= 0.3 is 6.09 Å². The number of rotatable bonds is 5. The highest BCUT2D eigenvalue weighted by atomic mass is 32.2. The van der Waals surface area contributed by atoms with E-state index in [0.29, 0.717) is 31.2 Å². The van der Waals surface area contributed by atoms with Crippen molar-refractivity contribution in [1.29, 1.82) is 0 Å². The molecule has 0 spiro atoms. The van der Waals surface area contributed by atoms with Gasteiger partial charge in [-0.15, -0.1) is 0 Å². The van der Waals surface area contributed by atoms with Crippen molar-refractivity contribution in [1.82, 2.24) is 10.6 Å². The molecule has 0 bridgehead atoms. The molecule has 1 aromatic rings. The van der Waals surface area contributed by atoms with Crippen LogP contribution in [0.3, 0.4) is 0 Å². The number of guanidine groups is 1. The first-order valence-electron chi connectivity index (χ1n) is 8.11. The number of ether oxygens (including phenoxy) is 1. The van der Waals surface area contributed by atoms with Crippen molar-refractivity contribution in [3.8, 4) is 0 Å².